The predicted octanol–water partition coefficient (Wildman–Crippen LogP) is 5.21. The number of carbonyl (C=O) groups excluding carboxylic acids is 1. The van der Waals surface area contributed by atoms with Gasteiger partial charge in [0.2, 0.25) is 11.8 Å². The molecule has 0 saturated carbocycles. The number of nitrogens with zero attached hydrogens (tertiary/aromatic N) is 3. The molecule has 5 N–H and O–H groups in total. The third-order valence-corrected chi connectivity index (χ3v) is 9.18. The number of fused-ring (bicyclic) bond motifs is 1. The average molecular weight is 687 g/mol. The van der Waals surface area contributed by atoms with Crippen LogP contribution in [0.15, 0.2) is 77.9 Å². The summed E-state index contributed by atoms with van der Waals surface area (Å²) in [5.74, 6) is 0.590. The fraction of sp³-hybridized carbons (Fsp3) is 0.278. The second kappa shape index (κ2) is 14.8. The fourth-order valence-corrected chi connectivity index (χ4v) is 6.54. The number of nitrogens with two attached hydrogens (primary N) is 1. The second-order valence-electron chi connectivity index (χ2n) is 12.0. The van der Waals surface area contributed by atoms with Gasteiger partial charge in [-0.15, -0.1) is 0 Å². The molecule has 2 unspecified atom stereocenters. The van der Waals surface area contributed by atoms with E-state index < -0.39 is 0 Å². The number of amides is 1. The van der Waals surface area contributed by atoms with Crippen molar-refractivity contribution in [3.8, 4) is 39.4 Å². The van der Waals surface area contributed by atoms with Gasteiger partial charge in [0.1, 0.15) is 5.65 Å². The first-order chi connectivity index (χ1) is 23.2. The predicted molar refractivity (Wildman–Crippen MR) is 190 cm³/mol. The van der Waals surface area contributed by atoms with Crippen LogP contribution in [0.4, 0.5) is 0 Å². The lowest BCUT2D eigenvalue weighted by Gasteiger charge is -2.16. The first-order valence-corrected chi connectivity index (χ1v) is 16.6. The van der Waals surface area contributed by atoms with E-state index in [-0.39, 0.29) is 23.6 Å². The van der Waals surface area contributed by atoms with E-state index in [4.69, 9.17) is 38.7 Å². The molecule has 1 aliphatic rings. The molecule has 4 heterocycles. The van der Waals surface area contributed by atoms with E-state index >= 15 is 0 Å². The summed E-state index contributed by atoms with van der Waals surface area (Å²) in [5.41, 5.74) is 12.2. The summed E-state index contributed by atoms with van der Waals surface area (Å²) in [6.45, 7) is 4.11. The highest BCUT2D eigenvalue weighted by Gasteiger charge is 2.21. The van der Waals surface area contributed by atoms with Crippen molar-refractivity contribution < 1.29 is 9.53 Å². The van der Waals surface area contributed by atoms with Crippen molar-refractivity contribution in [1.82, 2.24) is 30.3 Å². The van der Waals surface area contributed by atoms with Crippen molar-refractivity contribution >= 4 is 34.8 Å². The number of ether oxygens (including phenoxy) is 1. The molecule has 10 nitrogen and oxygen atoms in total. The Labute approximate surface area is 288 Å². The molecule has 0 spiro atoms. The number of halogens is 2. The van der Waals surface area contributed by atoms with Gasteiger partial charge in [0, 0.05) is 90.5 Å². The number of hydrogen-bond acceptors (Lipinski definition) is 8. The Morgan fingerprint density at radius 1 is 0.979 bits per heavy atom. The molecular formula is C36H37Cl2N7O3. The van der Waals surface area contributed by atoms with Crippen LogP contribution in [0.3, 0.4) is 0 Å². The Bertz CT molecular complexity index is 2030. The first-order valence-electron chi connectivity index (χ1n) is 15.8. The van der Waals surface area contributed by atoms with Crippen molar-refractivity contribution in [2.24, 2.45) is 5.73 Å². The number of carbonyl (C=O) groups is 1. The van der Waals surface area contributed by atoms with Crippen LogP contribution < -0.4 is 32.0 Å². The van der Waals surface area contributed by atoms with Crippen molar-refractivity contribution in [3.05, 3.63) is 105 Å². The summed E-state index contributed by atoms with van der Waals surface area (Å²) < 4.78 is 7.17. The molecule has 12 heteroatoms. The normalized spacial score (nSPS) is 15.1. The number of rotatable bonds is 12. The number of benzene rings is 2. The van der Waals surface area contributed by atoms with Crippen LogP contribution in [0.25, 0.3) is 39.2 Å². The highest BCUT2D eigenvalue weighted by atomic mass is 35.5. The quantitative estimate of drug-likeness (QED) is 0.141. The molecule has 248 valence electrons. The molecule has 2 atom stereocenters. The van der Waals surface area contributed by atoms with Crippen LogP contribution in [0, 0.1) is 0 Å². The topological polar surface area (TPSA) is 136 Å². The van der Waals surface area contributed by atoms with Crippen LogP contribution in [0.5, 0.6) is 5.88 Å². The van der Waals surface area contributed by atoms with Gasteiger partial charge in [-0.05, 0) is 37.1 Å². The van der Waals surface area contributed by atoms with Gasteiger partial charge in [-0.2, -0.15) is 0 Å². The van der Waals surface area contributed by atoms with E-state index in [0.29, 0.717) is 65.4 Å². The Morgan fingerprint density at radius 3 is 2.40 bits per heavy atom. The van der Waals surface area contributed by atoms with Gasteiger partial charge in [0.15, 0.2) is 0 Å². The van der Waals surface area contributed by atoms with Gasteiger partial charge >= 0.3 is 0 Å². The lowest BCUT2D eigenvalue weighted by Crippen LogP contribution is -2.35. The first kappa shape index (κ1) is 33.6. The summed E-state index contributed by atoms with van der Waals surface area (Å²) in [5, 5.41) is 10.6. The Morgan fingerprint density at radius 2 is 1.69 bits per heavy atom. The van der Waals surface area contributed by atoms with Crippen LogP contribution in [-0.2, 0) is 17.9 Å². The van der Waals surface area contributed by atoms with Crippen molar-refractivity contribution in [1.29, 1.82) is 0 Å². The van der Waals surface area contributed by atoms with Crippen LogP contribution in [0.2, 0.25) is 10.0 Å². The van der Waals surface area contributed by atoms with E-state index in [9.17, 15) is 9.59 Å². The summed E-state index contributed by atoms with van der Waals surface area (Å²) >= 11 is 14.1. The molecule has 1 fully saturated rings. The number of aromatic nitrogens is 3. The molecule has 1 saturated heterocycles. The third-order valence-electron chi connectivity index (χ3n) is 8.36. The van der Waals surface area contributed by atoms with Gasteiger partial charge in [-0.3, -0.25) is 14.0 Å². The molecule has 2 aromatic carbocycles. The summed E-state index contributed by atoms with van der Waals surface area (Å²) in [7, 11) is 1.59. The zero-order valence-electron chi connectivity index (χ0n) is 26.7. The van der Waals surface area contributed by atoms with Crippen LogP contribution >= 0.6 is 23.2 Å². The molecular weight excluding hydrogens is 649 g/mol. The molecule has 1 aliphatic heterocycles. The maximum Gasteiger partial charge on any atom is 0.262 e. The Kier molecular flexibility index (Phi) is 10.4. The van der Waals surface area contributed by atoms with E-state index in [1.807, 2.05) is 67.6 Å². The number of hydrogen-bond donors (Lipinski definition) is 4. The van der Waals surface area contributed by atoms with Gasteiger partial charge in [-0.25, -0.2) is 9.97 Å². The molecule has 1 amide bonds. The summed E-state index contributed by atoms with van der Waals surface area (Å²) in [6, 6.07) is 19.3. The second-order valence-corrected chi connectivity index (χ2v) is 12.7. The molecule has 0 radical (unpaired) electrons. The van der Waals surface area contributed by atoms with E-state index in [1.54, 1.807) is 19.5 Å². The number of nitrogens with one attached hydrogen (secondary N) is 3. The van der Waals surface area contributed by atoms with E-state index in [1.165, 1.54) is 4.40 Å². The number of methoxy groups -OCH3 is 1. The summed E-state index contributed by atoms with van der Waals surface area (Å²) in [6.07, 6.45) is 4.72. The Balaban J connectivity index is 1.25. The van der Waals surface area contributed by atoms with E-state index in [2.05, 4.69) is 20.9 Å². The van der Waals surface area contributed by atoms with Crippen LogP contribution in [0.1, 0.15) is 30.9 Å². The van der Waals surface area contributed by atoms with Crippen LogP contribution in [-0.4, -0.2) is 52.6 Å². The van der Waals surface area contributed by atoms with Crippen molar-refractivity contribution in [3.63, 3.8) is 0 Å². The maximum atomic E-state index is 13.1. The zero-order valence-corrected chi connectivity index (χ0v) is 28.2. The van der Waals surface area contributed by atoms with Crippen molar-refractivity contribution in [2.75, 3.05) is 20.2 Å². The molecule has 0 aliphatic carbocycles. The monoisotopic (exact) mass is 685 g/mol. The van der Waals surface area contributed by atoms with Crippen molar-refractivity contribution in [2.45, 2.75) is 44.9 Å². The molecule has 0 bridgehead atoms. The molecule has 3 aromatic heterocycles. The number of pyridine rings is 2. The highest BCUT2D eigenvalue weighted by Crippen LogP contribution is 2.42. The summed E-state index contributed by atoms with van der Waals surface area (Å²) in [4.78, 5) is 33.9. The van der Waals surface area contributed by atoms with Gasteiger partial charge in [-0.1, -0.05) is 65.7 Å². The SMILES string of the molecule is COc1nc(-c2cccc(-c3cccc(-c4ccn5c(=O)c(CNCC(C)N)cnc5c4)c3Cl)c2Cl)ccc1CNCC1CCC(=O)N1. The largest absolute Gasteiger partial charge is 0.481 e. The minimum atomic E-state index is -0.138. The molecule has 5 aromatic rings. The minimum absolute atomic E-state index is 0.0128. The van der Waals surface area contributed by atoms with Gasteiger partial charge < -0.3 is 26.4 Å². The average Bonchev–Trinajstić information content (AvgIpc) is 3.50. The Hall–Kier alpha value is -4.32. The van der Waals surface area contributed by atoms with E-state index in [0.717, 1.165) is 39.8 Å². The standard InChI is InChI=1S/C36H37Cl2N7O3/c1-21(39)16-40-18-24-19-42-31-15-22(13-14-45(31)36(24)47)26-5-3-6-27(33(26)37)28-7-4-8-29(34(28)38)30-11-9-23(35(44-30)48-2)17-41-20-25-10-12-32(46)43-25/h3-9,11,13-15,19,21,25,40-41H,10,12,16-18,20,39H2,1-2H3,(H,43,46). The molecule has 6 rings (SSSR count). The lowest BCUT2D eigenvalue weighted by molar-refractivity contribution is -0.119. The lowest BCUT2D eigenvalue weighted by atomic mass is 9.97. The zero-order chi connectivity index (χ0) is 33.8. The third kappa shape index (κ3) is 7.23. The smallest absolute Gasteiger partial charge is 0.262 e. The maximum absolute atomic E-state index is 13.1. The fourth-order valence-electron chi connectivity index (χ4n) is 5.88. The van der Waals surface area contributed by atoms with Gasteiger partial charge in [0.05, 0.1) is 22.8 Å². The van der Waals surface area contributed by atoms with Gasteiger partial charge in [0.25, 0.3) is 5.56 Å². The molecule has 48 heavy (non-hydrogen) atoms. The highest BCUT2D eigenvalue weighted by molar-refractivity contribution is 6.39. The minimum Gasteiger partial charge on any atom is -0.481 e.